The first-order valence-electron chi connectivity index (χ1n) is 11.7. The van der Waals surface area contributed by atoms with Gasteiger partial charge in [0, 0.05) is 18.2 Å². The minimum atomic E-state index is -0.260. The first kappa shape index (κ1) is 23.1. The Hall–Kier alpha value is -3.06. The second kappa shape index (κ2) is 10.7. The summed E-state index contributed by atoms with van der Waals surface area (Å²) in [5.74, 6) is 3.15. The summed E-state index contributed by atoms with van der Waals surface area (Å²) in [6, 6.07) is 13.1. The molecular weight excluding hydrogens is 418 g/mol. The van der Waals surface area contributed by atoms with Crippen molar-refractivity contribution in [2.24, 2.45) is 11.8 Å². The van der Waals surface area contributed by atoms with Gasteiger partial charge in [-0.15, -0.1) is 0 Å². The fraction of sp³-hybridized carbons (Fsp3) is 0.462. The molecule has 33 heavy (non-hydrogen) atoms. The Bertz CT molecular complexity index is 1000. The van der Waals surface area contributed by atoms with Gasteiger partial charge in [-0.05, 0) is 74.2 Å². The van der Waals surface area contributed by atoms with E-state index < -0.39 is 0 Å². The van der Waals surface area contributed by atoms with Gasteiger partial charge in [-0.2, -0.15) is 0 Å². The minimum absolute atomic E-state index is 0.00112. The van der Waals surface area contributed by atoms with Crippen LogP contribution in [-0.2, 0) is 0 Å². The smallest absolute Gasteiger partial charge is 0.273 e. The lowest BCUT2D eigenvalue weighted by Gasteiger charge is -2.35. The average Bonchev–Trinajstić information content (AvgIpc) is 3.52. The summed E-state index contributed by atoms with van der Waals surface area (Å²) in [7, 11) is 0. The molecule has 0 unspecified atom stereocenters. The summed E-state index contributed by atoms with van der Waals surface area (Å²) in [5.41, 5.74) is 1.10. The molecule has 1 aromatic carbocycles. The Labute approximate surface area is 195 Å². The zero-order valence-corrected chi connectivity index (χ0v) is 19.6. The molecule has 1 N–H and O–H groups in total. The molecule has 1 fully saturated rings. The van der Waals surface area contributed by atoms with E-state index in [1.54, 1.807) is 12.3 Å². The summed E-state index contributed by atoms with van der Waals surface area (Å²) in [6.45, 7) is 9.61. The van der Waals surface area contributed by atoms with E-state index in [2.05, 4.69) is 36.1 Å². The van der Waals surface area contributed by atoms with Gasteiger partial charge in [0.1, 0.15) is 11.5 Å². The van der Waals surface area contributed by atoms with Crippen molar-refractivity contribution < 1.29 is 18.5 Å². The molecule has 1 aliphatic heterocycles. The van der Waals surface area contributed by atoms with Crippen LogP contribution in [0.25, 0.3) is 11.3 Å². The first-order chi connectivity index (χ1) is 16.0. The van der Waals surface area contributed by atoms with Gasteiger partial charge in [-0.1, -0.05) is 25.9 Å². The van der Waals surface area contributed by atoms with E-state index >= 15 is 0 Å². The molecule has 0 aliphatic carbocycles. The van der Waals surface area contributed by atoms with Crippen molar-refractivity contribution in [1.29, 1.82) is 0 Å². The molecule has 0 spiro atoms. The maximum atomic E-state index is 12.8. The molecule has 0 radical (unpaired) electrons. The standard InChI is InChI=1S/C26H33N3O4/c1-18(2)17-32-21-8-6-20(7-9-21)25-15-22(28-33-25)26(30)27-16-23(24-5-4-14-31-24)29-12-10-19(3)11-13-29/h4-9,14-15,18-19,23H,10-13,16-17H2,1-3H3,(H,27,30)/t23-/m1/s1. The summed E-state index contributed by atoms with van der Waals surface area (Å²) in [5, 5.41) is 7.00. The van der Waals surface area contributed by atoms with Crippen LogP contribution in [0.5, 0.6) is 5.75 Å². The predicted octanol–water partition coefficient (Wildman–Crippen LogP) is 5.17. The summed E-state index contributed by atoms with van der Waals surface area (Å²) >= 11 is 0. The van der Waals surface area contributed by atoms with Crippen LogP contribution in [0, 0.1) is 11.8 Å². The number of nitrogens with zero attached hydrogens (tertiary/aromatic N) is 2. The third-order valence-electron chi connectivity index (χ3n) is 6.05. The number of aromatic nitrogens is 1. The average molecular weight is 452 g/mol. The largest absolute Gasteiger partial charge is 0.493 e. The number of furan rings is 1. The van der Waals surface area contributed by atoms with E-state index in [1.165, 1.54) is 0 Å². The fourth-order valence-corrected chi connectivity index (χ4v) is 4.01. The molecule has 1 amide bonds. The number of hydrogen-bond acceptors (Lipinski definition) is 6. The van der Waals surface area contributed by atoms with E-state index in [9.17, 15) is 4.79 Å². The van der Waals surface area contributed by atoms with E-state index in [-0.39, 0.29) is 17.6 Å². The van der Waals surface area contributed by atoms with Crippen LogP contribution in [0.15, 0.2) is 57.7 Å². The number of amides is 1. The van der Waals surface area contributed by atoms with Crippen molar-refractivity contribution in [1.82, 2.24) is 15.4 Å². The number of benzene rings is 1. The molecule has 176 valence electrons. The predicted molar refractivity (Wildman–Crippen MR) is 126 cm³/mol. The molecular formula is C26H33N3O4. The third-order valence-corrected chi connectivity index (χ3v) is 6.05. The molecule has 1 saturated heterocycles. The molecule has 7 nitrogen and oxygen atoms in total. The number of hydrogen-bond donors (Lipinski definition) is 1. The molecule has 4 rings (SSSR count). The highest BCUT2D eigenvalue weighted by molar-refractivity contribution is 5.93. The van der Waals surface area contributed by atoms with E-state index in [0.717, 1.165) is 48.9 Å². The normalized spacial score (nSPS) is 16.1. The summed E-state index contributed by atoms with van der Waals surface area (Å²) in [6.07, 6.45) is 3.98. The molecule has 3 aromatic rings. The van der Waals surface area contributed by atoms with Crippen molar-refractivity contribution in [3.8, 4) is 17.1 Å². The monoisotopic (exact) mass is 451 g/mol. The molecule has 1 aliphatic rings. The highest BCUT2D eigenvalue weighted by atomic mass is 16.5. The highest BCUT2D eigenvalue weighted by Crippen LogP contribution is 2.27. The lowest BCUT2D eigenvalue weighted by atomic mass is 9.97. The van der Waals surface area contributed by atoms with Crippen LogP contribution in [0.2, 0.25) is 0 Å². The number of carbonyl (C=O) groups excluding carboxylic acids is 1. The zero-order valence-electron chi connectivity index (χ0n) is 19.6. The minimum Gasteiger partial charge on any atom is -0.493 e. The third kappa shape index (κ3) is 6.05. The van der Waals surface area contributed by atoms with Gasteiger partial charge in [-0.25, -0.2) is 0 Å². The van der Waals surface area contributed by atoms with Gasteiger partial charge in [0.15, 0.2) is 11.5 Å². The van der Waals surface area contributed by atoms with Crippen LogP contribution >= 0.6 is 0 Å². The number of nitrogens with one attached hydrogen (secondary N) is 1. The Morgan fingerprint density at radius 2 is 1.97 bits per heavy atom. The van der Waals surface area contributed by atoms with Crippen LogP contribution in [0.4, 0.5) is 0 Å². The Balaban J connectivity index is 1.37. The first-order valence-corrected chi connectivity index (χ1v) is 11.7. The fourth-order valence-electron chi connectivity index (χ4n) is 4.01. The Kier molecular flexibility index (Phi) is 7.50. The Morgan fingerprint density at radius 3 is 2.64 bits per heavy atom. The van der Waals surface area contributed by atoms with E-state index in [0.29, 0.717) is 24.8 Å². The van der Waals surface area contributed by atoms with Crippen LogP contribution in [-0.4, -0.2) is 42.2 Å². The van der Waals surface area contributed by atoms with E-state index in [1.807, 2.05) is 36.4 Å². The molecule has 7 heteroatoms. The van der Waals surface area contributed by atoms with Crippen LogP contribution < -0.4 is 10.1 Å². The molecule has 0 saturated carbocycles. The van der Waals surface area contributed by atoms with Gasteiger partial charge in [-0.3, -0.25) is 9.69 Å². The topological polar surface area (TPSA) is 80.7 Å². The lowest BCUT2D eigenvalue weighted by Crippen LogP contribution is -2.41. The number of likely N-dealkylation sites (tertiary alicyclic amines) is 1. The number of ether oxygens (including phenoxy) is 1. The highest BCUT2D eigenvalue weighted by Gasteiger charge is 2.27. The van der Waals surface area contributed by atoms with Crippen molar-refractivity contribution in [2.45, 2.75) is 39.7 Å². The van der Waals surface area contributed by atoms with Gasteiger partial charge in [0.2, 0.25) is 0 Å². The molecule has 2 aromatic heterocycles. The maximum Gasteiger partial charge on any atom is 0.273 e. The Morgan fingerprint density at radius 1 is 1.21 bits per heavy atom. The van der Waals surface area contributed by atoms with Crippen LogP contribution in [0.3, 0.4) is 0 Å². The van der Waals surface area contributed by atoms with Crippen molar-refractivity contribution >= 4 is 5.91 Å². The maximum absolute atomic E-state index is 12.8. The van der Waals surface area contributed by atoms with Gasteiger partial charge < -0.3 is 19.0 Å². The van der Waals surface area contributed by atoms with Gasteiger partial charge >= 0.3 is 0 Å². The zero-order chi connectivity index (χ0) is 23.2. The van der Waals surface area contributed by atoms with E-state index in [4.69, 9.17) is 13.7 Å². The summed E-state index contributed by atoms with van der Waals surface area (Å²) < 4.78 is 16.8. The second-order valence-electron chi connectivity index (χ2n) is 9.27. The number of carbonyl (C=O) groups is 1. The molecule has 3 heterocycles. The summed E-state index contributed by atoms with van der Waals surface area (Å²) in [4.78, 5) is 15.2. The molecule has 1 atom stereocenters. The quantitative estimate of drug-likeness (QED) is 0.483. The lowest BCUT2D eigenvalue weighted by molar-refractivity contribution is 0.0887. The van der Waals surface area contributed by atoms with Crippen LogP contribution in [0.1, 0.15) is 55.9 Å². The number of rotatable bonds is 9. The van der Waals surface area contributed by atoms with Crippen molar-refractivity contribution in [3.05, 3.63) is 60.2 Å². The van der Waals surface area contributed by atoms with Gasteiger partial charge in [0.25, 0.3) is 5.91 Å². The van der Waals surface area contributed by atoms with Crippen molar-refractivity contribution in [3.63, 3.8) is 0 Å². The SMILES string of the molecule is CC(C)COc1ccc(-c2cc(C(=O)NC[C@H](c3ccco3)N3CCC(C)CC3)no2)cc1. The number of piperidine rings is 1. The second-order valence-corrected chi connectivity index (χ2v) is 9.27. The van der Waals surface area contributed by atoms with Gasteiger partial charge in [0.05, 0.1) is 18.9 Å². The van der Waals surface area contributed by atoms with Crippen molar-refractivity contribution in [2.75, 3.05) is 26.2 Å². The molecule has 0 bridgehead atoms.